The largest absolute Gasteiger partial charge is 0.469 e. The van der Waals surface area contributed by atoms with E-state index in [0.717, 1.165) is 0 Å². The van der Waals surface area contributed by atoms with Gasteiger partial charge in [-0.2, -0.15) is 0 Å². The molecular formula is C11H16O4S. The Bertz CT molecular complexity index is 456. The Morgan fingerprint density at radius 2 is 2.12 bits per heavy atom. The lowest BCUT2D eigenvalue weighted by Crippen LogP contribution is -2.07. The number of aryl methyl sites for hydroxylation is 1. The van der Waals surface area contributed by atoms with E-state index in [2.05, 4.69) is 0 Å². The second-order valence-corrected chi connectivity index (χ2v) is 6.03. The van der Waals surface area contributed by atoms with Gasteiger partial charge in [0.1, 0.15) is 15.6 Å². The van der Waals surface area contributed by atoms with Crippen LogP contribution in [-0.2, 0) is 16.3 Å². The zero-order valence-corrected chi connectivity index (χ0v) is 10.3. The Hall–Kier alpha value is -1.10. The summed E-state index contributed by atoms with van der Waals surface area (Å²) in [5, 5.41) is 0. The molecule has 0 unspecified atom stereocenters. The highest BCUT2D eigenvalue weighted by atomic mass is 32.2. The number of hydrogen-bond donors (Lipinski definition) is 0. The van der Waals surface area contributed by atoms with Crippen molar-refractivity contribution in [1.82, 2.24) is 0 Å². The van der Waals surface area contributed by atoms with Crippen molar-refractivity contribution < 1.29 is 17.6 Å². The van der Waals surface area contributed by atoms with Gasteiger partial charge in [0.05, 0.1) is 17.6 Å². The highest BCUT2D eigenvalue weighted by Gasteiger charge is 2.13. The summed E-state index contributed by atoms with van der Waals surface area (Å²) in [7, 11) is -2.98. The Morgan fingerprint density at radius 1 is 1.44 bits per heavy atom. The van der Waals surface area contributed by atoms with Crippen LogP contribution in [0, 0.1) is 0 Å². The maximum Gasteiger partial charge on any atom is 0.166 e. The molecule has 0 aliphatic rings. The highest BCUT2D eigenvalue weighted by molar-refractivity contribution is 7.90. The number of rotatable bonds is 6. The fraction of sp³-hybridized carbons (Fsp3) is 0.545. The van der Waals surface area contributed by atoms with E-state index < -0.39 is 9.84 Å². The number of sulfone groups is 1. The summed E-state index contributed by atoms with van der Waals surface area (Å²) in [5.74, 6) is 0.677. The minimum absolute atomic E-state index is 0.0470. The maximum atomic E-state index is 11.7. The molecule has 0 amide bonds. The Balaban J connectivity index is 2.54. The summed E-state index contributed by atoms with van der Waals surface area (Å²) in [4.78, 5) is 11.7. The number of furan rings is 1. The lowest BCUT2D eigenvalue weighted by Gasteiger charge is -2.00. The summed E-state index contributed by atoms with van der Waals surface area (Å²) < 4.78 is 26.9. The van der Waals surface area contributed by atoms with Crippen LogP contribution in [0.4, 0.5) is 0 Å². The average Bonchev–Trinajstić information content (AvgIpc) is 2.63. The topological polar surface area (TPSA) is 64.3 Å². The van der Waals surface area contributed by atoms with Crippen LogP contribution in [0.1, 0.15) is 35.9 Å². The first-order valence-corrected chi connectivity index (χ1v) is 7.27. The molecule has 1 aromatic heterocycles. The first-order valence-electron chi connectivity index (χ1n) is 5.21. The zero-order valence-electron chi connectivity index (χ0n) is 9.52. The van der Waals surface area contributed by atoms with Gasteiger partial charge in [0.25, 0.3) is 0 Å². The average molecular weight is 244 g/mol. The summed E-state index contributed by atoms with van der Waals surface area (Å²) >= 11 is 0. The van der Waals surface area contributed by atoms with Crippen molar-refractivity contribution >= 4 is 15.6 Å². The number of hydrogen-bond acceptors (Lipinski definition) is 4. The van der Waals surface area contributed by atoms with E-state index in [4.69, 9.17) is 4.42 Å². The number of carbonyl (C=O) groups excluding carboxylic acids is 1. The third-order valence-corrected chi connectivity index (χ3v) is 3.32. The molecule has 4 nitrogen and oxygen atoms in total. The molecule has 0 aliphatic heterocycles. The van der Waals surface area contributed by atoms with Crippen molar-refractivity contribution in [3.8, 4) is 0 Å². The molecule has 0 fully saturated rings. The van der Waals surface area contributed by atoms with Crippen LogP contribution in [0.25, 0.3) is 0 Å². The second-order valence-electron chi connectivity index (χ2n) is 3.77. The van der Waals surface area contributed by atoms with E-state index in [0.29, 0.717) is 24.2 Å². The van der Waals surface area contributed by atoms with E-state index in [-0.39, 0.29) is 18.0 Å². The van der Waals surface area contributed by atoms with Crippen molar-refractivity contribution in [2.75, 3.05) is 12.0 Å². The monoisotopic (exact) mass is 244 g/mol. The highest BCUT2D eigenvalue weighted by Crippen LogP contribution is 2.14. The summed E-state index contributed by atoms with van der Waals surface area (Å²) in [6, 6.07) is 1.64. The quantitative estimate of drug-likeness (QED) is 0.716. The predicted molar refractivity (Wildman–Crippen MR) is 61.4 cm³/mol. The molecule has 0 aromatic carbocycles. The Morgan fingerprint density at radius 3 is 2.69 bits per heavy atom. The van der Waals surface area contributed by atoms with Crippen LogP contribution in [-0.4, -0.2) is 26.2 Å². The molecule has 1 aromatic rings. The molecule has 0 atom stereocenters. The van der Waals surface area contributed by atoms with Crippen LogP contribution in [0.15, 0.2) is 16.7 Å². The fourth-order valence-electron chi connectivity index (χ4n) is 1.49. The fourth-order valence-corrected chi connectivity index (χ4v) is 2.16. The van der Waals surface area contributed by atoms with Crippen molar-refractivity contribution in [3.05, 3.63) is 23.7 Å². The van der Waals surface area contributed by atoms with Crippen molar-refractivity contribution in [1.29, 1.82) is 0 Å². The van der Waals surface area contributed by atoms with Crippen molar-refractivity contribution in [2.45, 2.75) is 26.2 Å². The summed E-state index contributed by atoms with van der Waals surface area (Å²) in [6.07, 6.45) is 3.95. The van der Waals surface area contributed by atoms with Gasteiger partial charge in [-0.05, 0) is 12.5 Å². The third kappa shape index (κ3) is 3.81. The van der Waals surface area contributed by atoms with Gasteiger partial charge in [-0.3, -0.25) is 4.79 Å². The van der Waals surface area contributed by atoms with Crippen LogP contribution in [0.5, 0.6) is 0 Å². The molecule has 0 saturated heterocycles. The van der Waals surface area contributed by atoms with E-state index in [1.54, 1.807) is 6.07 Å². The minimum atomic E-state index is -2.98. The normalized spacial score (nSPS) is 11.6. The van der Waals surface area contributed by atoms with Gasteiger partial charge in [0.2, 0.25) is 0 Å². The molecular weight excluding hydrogens is 228 g/mol. The molecule has 0 N–H and O–H groups in total. The molecule has 16 heavy (non-hydrogen) atoms. The van der Waals surface area contributed by atoms with Crippen LogP contribution in [0.3, 0.4) is 0 Å². The van der Waals surface area contributed by atoms with Gasteiger partial charge in [-0.1, -0.05) is 6.92 Å². The van der Waals surface area contributed by atoms with Gasteiger partial charge in [0, 0.05) is 19.1 Å². The number of carbonyl (C=O) groups is 1. The number of ketones is 1. The first kappa shape index (κ1) is 13.0. The lowest BCUT2D eigenvalue weighted by molar-refractivity contribution is 0.0980. The maximum absolute atomic E-state index is 11.7. The zero-order chi connectivity index (χ0) is 12.2. The molecule has 0 radical (unpaired) electrons. The standard InChI is InChI=1S/C11H16O4S/c1-3-11-9(6-7-15-11)10(12)5-4-8-16(2,13)14/h6-7H,3-5,8H2,1-2H3. The summed E-state index contributed by atoms with van der Waals surface area (Å²) in [5.41, 5.74) is 0.580. The lowest BCUT2D eigenvalue weighted by atomic mass is 10.1. The predicted octanol–water partition coefficient (Wildman–Crippen LogP) is 1.85. The van der Waals surface area contributed by atoms with E-state index >= 15 is 0 Å². The van der Waals surface area contributed by atoms with Crippen molar-refractivity contribution in [2.24, 2.45) is 0 Å². The van der Waals surface area contributed by atoms with Gasteiger partial charge in [-0.15, -0.1) is 0 Å². The Kier molecular flexibility index (Phi) is 4.29. The first-order chi connectivity index (χ1) is 7.44. The molecule has 5 heteroatoms. The van der Waals surface area contributed by atoms with E-state index in [1.165, 1.54) is 12.5 Å². The molecule has 0 spiro atoms. The smallest absolute Gasteiger partial charge is 0.166 e. The van der Waals surface area contributed by atoms with E-state index in [1.807, 2.05) is 6.92 Å². The summed E-state index contributed by atoms with van der Waals surface area (Å²) in [6.45, 7) is 1.91. The second kappa shape index (κ2) is 5.30. The van der Waals surface area contributed by atoms with Gasteiger partial charge < -0.3 is 4.42 Å². The molecule has 90 valence electrons. The molecule has 0 saturated carbocycles. The van der Waals surface area contributed by atoms with Crippen LogP contribution < -0.4 is 0 Å². The van der Waals surface area contributed by atoms with Gasteiger partial charge in [0.15, 0.2) is 5.78 Å². The minimum Gasteiger partial charge on any atom is -0.469 e. The van der Waals surface area contributed by atoms with Crippen molar-refractivity contribution in [3.63, 3.8) is 0 Å². The van der Waals surface area contributed by atoms with Crippen LogP contribution >= 0.6 is 0 Å². The molecule has 0 bridgehead atoms. The number of Topliss-reactive ketones (excluding diaryl/α,β-unsaturated/α-hetero) is 1. The SMILES string of the molecule is CCc1occc1C(=O)CCCS(C)(=O)=O. The molecule has 0 aliphatic carbocycles. The van der Waals surface area contributed by atoms with Gasteiger partial charge >= 0.3 is 0 Å². The van der Waals surface area contributed by atoms with Gasteiger partial charge in [-0.25, -0.2) is 8.42 Å². The van der Waals surface area contributed by atoms with Crippen LogP contribution in [0.2, 0.25) is 0 Å². The van der Waals surface area contributed by atoms with E-state index in [9.17, 15) is 13.2 Å². The molecule has 1 heterocycles. The molecule has 1 rings (SSSR count). The third-order valence-electron chi connectivity index (χ3n) is 2.29. The Labute approximate surface area is 95.6 Å².